The summed E-state index contributed by atoms with van der Waals surface area (Å²) in [7, 11) is -3.43. The van der Waals surface area contributed by atoms with Crippen molar-refractivity contribution in [1.29, 1.82) is 0 Å². The van der Waals surface area contributed by atoms with Crippen LogP contribution in [0, 0.1) is 18.8 Å². The van der Waals surface area contributed by atoms with Gasteiger partial charge in [-0.15, -0.1) is 0 Å². The molecule has 0 spiro atoms. The van der Waals surface area contributed by atoms with E-state index in [0.29, 0.717) is 23.1 Å². The summed E-state index contributed by atoms with van der Waals surface area (Å²) in [5, 5.41) is 3.72. The molecule has 9 heteroatoms. The molecule has 1 aliphatic rings. The van der Waals surface area contributed by atoms with Gasteiger partial charge in [0.05, 0.1) is 34.0 Å². The third kappa shape index (κ3) is 6.09. The van der Waals surface area contributed by atoms with Gasteiger partial charge in [-0.2, -0.15) is 0 Å². The van der Waals surface area contributed by atoms with E-state index in [1.165, 1.54) is 12.5 Å². The van der Waals surface area contributed by atoms with Gasteiger partial charge >= 0.3 is 0 Å². The largest absolute Gasteiger partial charge is 0.356 e. The van der Waals surface area contributed by atoms with E-state index in [0.717, 1.165) is 47.5 Å². The van der Waals surface area contributed by atoms with E-state index in [-0.39, 0.29) is 22.9 Å². The lowest BCUT2D eigenvalue weighted by atomic mass is 9.92. The van der Waals surface area contributed by atoms with Crippen LogP contribution in [0.25, 0.3) is 22.3 Å². The SMILES string of the molecule is Cc1ccc(C(=O)NCc2cc3nc(-c4cccc(N5C[C@H](C)C[C@H](C)C5)n4)ccc3cn2)cc1S(C)(=O)=O. The average Bonchev–Trinajstić information content (AvgIpc) is 2.90. The number of piperidine rings is 1. The molecule has 0 saturated carbocycles. The predicted molar refractivity (Wildman–Crippen MR) is 153 cm³/mol. The second kappa shape index (κ2) is 10.7. The highest BCUT2D eigenvalue weighted by atomic mass is 32.2. The Bertz CT molecular complexity index is 1640. The maximum atomic E-state index is 12.8. The maximum Gasteiger partial charge on any atom is 0.251 e. The van der Waals surface area contributed by atoms with Crippen molar-refractivity contribution in [2.24, 2.45) is 11.8 Å². The number of nitrogens with one attached hydrogen (secondary N) is 1. The summed E-state index contributed by atoms with van der Waals surface area (Å²) in [6, 6.07) is 16.5. The Kier molecular flexibility index (Phi) is 7.36. The molecule has 3 aromatic heterocycles. The highest BCUT2D eigenvalue weighted by Gasteiger charge is 2.23. The fourth-order valence-corrected chi connectivity index (χ4v) is 6.30. The quantitative estimate of drug-likeness (QED) is 0.372. The first-order chi connectivity index (χ1) is 18.6. The molecule has 0 aliphatic carbocycles. The maximum absolute atomic E-state index is 12.8. The van der Waals surface area contributed by atoms with Crippen LogP contribution < -0.4 is 10.2 Å². The minimum Gasteiger partial charge on any atom is -0.356 e. The number of aryl methyl sites for hydroxylation is 1. The summed E-state index contributed by atoms with van der Waals surface area (Å²) < 4.78 is 24.1. The molecule has 2 atom stereocenters. The van der Waals surface area contributed by atoms with Gasteiger partial charge in [-0.3, -0.25) is 9.78 Å². The van der Waals surface area contributed by atoms with Crippen LogP contribution in [0.3, 0.4) is 0 Å². The second-order valence-corrected chi connectivity index (χ2v) is 12.7. The molecule has 39 heavy (non-hydrogen) atoms. The number of amides is 1. The molecule has 4 heterocycles. The van der Waals surface area contributed by atoms with Crippen molar-refractivity contribution in [2.45, 2.75) is 38.6 Å². The number of aromatic nitrogens is 3. The summed E-state index contributed by atoms with van der Waals surface area (Å²) in [6.07, 6.45) is 4.12. The topological polar surface area (TPSA) is 105 Å². The Hall–Kier alpha value is -3.85. The zero-order chi connectivity index (χ0) is 27.7. The number of hydrogen-bond donors (Lipinski definition) is 1. The molecule has 1 fully saturated rings. The van der Waals surface area contributed by atoms with E-state index < -0.39 is 9.84 Å². The van der Waals surface area contributed by atoms with Gasteiger partial charge in [0.2, 0.25) is 0 Å². The van der Waals surface area contributed by atoms with E-state index in [9.17, 15) is 13.2 Å². The number of carbonyl (C=O) groups is 1. The number of sulfone groups is 1. The van der Waals surface area contributed by atoms with Crippen molar-refractivity contribution < 1.29 is 13.2 Å². The zero-order valence-electron chi connectivity index (χ0n) is 22.7. The molecular weight excluding hydrogens is 510 g/mol. The standard InChI is InChI=1S/C30H33N5O3S/c1-19-12-20(2)18-35(17-19)29-7-5-6-25(34-29)26-11-10-23-15-31-24(14-27(23)33-26)16-32-30(36)22-9-8-21(3)28(13-22)39(4,37)38/h5-11,13-15,19-20H,12,16-18H2,1-4H3,(H,32,36)/t19-,20+. The van der Waals surface area contributed by atoms with Gasteiger partial charge in [0.25, 0.3) is 5.91 Å². The lowest BCUT2D eigenvalue weighted by Gasteiger charge is -2.35. The van der Waals surface area contributed by atoms with Crippen molar-refractivity contribution in [3.63, 3.8) is 0 Å². The van der Waals surface area contributed by atoms with Crippen molar-refractivity contribution in [3.05, 3.63) is 77.6 Å². The monoisotopic (exact) mass is 543 g/mol. The van der Waals surface area contributed by atoms with Crippen LogP contribution in [-0.4, -0.2) is 48.6 Å². The number of nitrogens with zero attached hydrogens (tertiary/aromatic N) is 4. The summed E-state index contributed by atoms with van der Waals surface area (Å²) >= 11 is 0. The van der Waals surface area contributed by atoms with Crippen LogP contribution in [-0.2, 0) is 16.4 Å². The van der Waals surface area contributed by atoms with E-state index in [4.69, 9.17) is 9.97 Å². The normalized spacial score (nSPS) is 17.8. The Morgan fingerprint density at radius 3 is 2.49 bits per heavy atom. The molecule has 0 radical (unpaired) electrons. The first kappa shape index (κ1) is 26.7. The van der Waals surface area contributed by atoms with Gasteiger partial charge in [0, 0.05) is 36.5 Å². The number of fused-ring (bicyclic) bond motifs is 1. The third-order valence-electron chi connectivity index (χ3n) is 7.10. The van der Waals surface area contributed by atoms with Crippen LogP contribution in [0.2, 0.25) is 0 Å². The zero-order valence-corrected chi connectivity index (χ0v) is 23.5. The van der Waals surface area contributed by atoms with Crippen molar-refractivity contribution in [2.75, 3.05) is 24.2 Å². The van der Waals surface area contributed by atoms with E-state index in [1.54, 1.807) is 25.3 Å². The summed E-state index contributed by atoms with van der Waals surface area (Å²) in [5.41, 5.74) is 3.88. The van der Waals surface area contributed by atoms with Gasteiger partial charge in [0.15, 0.2) is 9.84 Å². The van der Waals surface area contributed by atoms with E-state index in [1.807, 2.05) is 30.3 Å². The van der Waals surface area contributed by atoms with E-state index in [2.05, 4.69) is 35.1 Å². The second-order valence-electron chi connectivity index (χ2n) is 10.7. The average molecular weight is 544 g/mol. The van der Waals surface area contributed by atoms with Gasteiger partial charge in [-0.1, -0.05) is 26.0 Å². The molecule has 1 aliphatic heterocycles. The number of anilines is 1. The lowest BCUT2D eigenvalue weighted by Crippen LogP contribution is -2.39. The molecule has 1 amide bonds. The fraction of sp³-hybridized carbons (Fsp3) is 0.333. The fourth-order valence-electron chi connectivity index (χ4n) is 5.30. The highest BCUT2D eigenvalue weighted by Crippen LogP contribution is 2.27. The lowest BCUT2D eigenvalue weighted by molar-refractivity contribution is 0.0950. The van der Waals surface area contributed by atoms with Crippen LogP contribution in [0.4, 0.5) is 5.82 Å². The molecule has 1 saturated heterocycles. The van der Waals surface area contributed by atoms with Crippen LogP contribution in [0.15, 0.2) is 65.7 Å². The Balaban J connectivity index is 1.34. The number of rotatable bonds is 6. The Morgan fingerprint density at radius 2 is 1.74 bits per heavy atom. The predicted octanol–water partition coefficient (Wildman–Crippen LogP) is 4.82. The Morgan fingerprint density at radius 1 is 1.00 bits per heavy atom. The molecule has 8 nitrogen and oxygen atoms in total. The number of benzene rings is 1. The molecular formula is C30H33N5O3S. The molecule has 5 rings (SSSR count). The smallest absolute Gasteiger partial charge is 0.251 e. The van der Waals surface area contributed by atoms with Crippen molar-refractivity contribution >= 4 is 32.5 Å². The van der Waals surface area contributed by atoms with Crippen LogP contribution in [0.1, 0.15) is 41.9 Å². The molecule has 1 N–H and O–H groups in total. The Labute approximate surface area is 229 Å². The van der Waals surface area contributed by atoms with Gasteiger partial charge in [-0.05, 0) is 73.2 Å². The van der Waals surface area contributed by atoms with E-state index >= 15 is 0 Å². The first-order valence-electron chi connectivity index (χ1n) is 13.1. The molecule has 4 aromatic rings. The van der Waals surface area contributed by atoms with Crippen LogP contribution >= 0.6 is 0 Å². The number of carbonyl (C=O) groups excluding carboxylic acids is 1. The van der Waals surface area contributed by atoms with Crippen molar-refractivity contribution in [3.8, 4) is 11.4 Å². The summed E-state index contributed by atoms with van der Waals surface area (Å²) in [5.74, 6) is 1.88. The van der Waals surface area contributed by atoms with Crippen LogP contribution in [0.5, 0.6) is 0 Å². The van der Waals surface area contributed by atoms with Gasteiger partial charge < -0.3 is 10.2 Å². The van der Waals surface area contributed by atoms with Gasteiger partial charge in [-0.25, -0.2) is 18.4 Å². The summed E-state index contributed by atoms with van der Waals surface area (Å²) in [6.45, 7) is 8.48. The first-order valence-corrected chi connectivity index (χ1v) is 15.0. The van der Waals surface area contributed by atoms with Gasteiger partial charge in [0.1, 0.15) is 5.82 Å². The molecule has 0 bridgehead atoms. The molecule has 202 valence electrons. The number of hydrogen-bond acceptors (Lipinski definition) is 7. The third-order valence-corrected chi connectivity index (χ3v) is 8.34. The van der Waals surface area contributed by atoms with Crippen molar-refractivity contribution in [1.82, 2.24) is 20.3 Å². The summed E-state index contributed by atoms with van der Waals surface area (Å²) in [4.78, 5) is 29.5. The minimum absolute atomic E-state index is 0.151. The minimum atomic E-state index is -3.43. The molecule has 0 unspecified atom stereocenters. The highest BCUT2D eigenvalue weighted by molar-refractivity contribution is 7.90. The molecule has 1 aromatic carbocycles. The number of pyridine rings is 3.